The van der Waals surface area contributed by atoms with Gasteiger partial charge in [0.1, 0.15) is 29.1 Å². The van der Waals surface area contributed by atoms with Crippen LogP contribution in [0.3, 0.4) is 0 Å². The summed E-state index contributed by atoms with van der Waals surface area (Å²) in [4.78, 5) is 27.4. The van der Waals surface area contributed by atoms with Crippen LogP contribution in [-0.2, 0) is 15.0 Å². The predicted molar refractivity (Wildman–Crippen MR) is 126 cm³/mol. The third-order valence-electron chi connectivity index (χ3n) is 5.70. The van der Waals surface area contributed by atoms with Gasteiger partial charge in [-0.2, -0.15) is 0 Å². The van der Waals surface area contributed by atoms with Crippen LogP contribution in [0.1, 0.15) is 50.6 Å². The highest BCUT2D eigenvalue weighted by atomic mass is 19.1. The van der Waals surface area contributed by atoms with E-state index in [2.05, 4.69) is 0 Å². The molecule has 176 valence electrons. The van der Waals surface area contributed by atoms with E-state index in [0.29, 0.717) is 17.9 Å². The fraction of sp³-hybridized carbons (Fsp3) is 0.259. The molecule has 1 atom stereocenters. The first kappa shape index (κ1) is 23.3. The average molecular weight is 464 g/mol. The zero-order chi connectivity index (χ0) is 24.6. The minimum absolute atomic E-state index is 0.131. The molecule has 3 aromatic rings. The summed E-state index contributed by atoms with van der Waals surface area (Å²) in [5, 5.41) is 11.3. The largest absolute Gasteiger partial charge is 0.507 e. The number of Topliss-reactive ketones (excluding diaryl/α,β-unsaturated/α-hetero) is 1. The summed E-state index contributed by atoms with van der Waals surface area (Å²) < 4.78 is 25.3. The standard InChI is InChI=1S/C27H26FNO5/c1-5-33-20-12-11-16(14-19(20)27(2,3)4)24(30)22-23(21-10-7-13-34-21)29(26(32)25(22)31)18-9-6-8-17(28)15-18/h6-15,23,30H,5H2,1-4H3/b24-22-. The first-order valence-corrected chi connectivity index (χ1v) is 11.0. The summed E-state index contributed by atoms with van der Waals surface area (Å²) in [7, 11) is 0. The van der Waals surface area contributed by atoms with Gasteiger partial charge in [0.2, 0.25) is 0 Å². The van der Waals surface area contributed by atoms with Crippen molar-refractivity contribution in [3.05, 3.63) is 89.1 Å². The summed E-state index contributed by atoms with van der Waals surface area (Å²) in [5.74, 6) is -1.71. The van der Waals surface area contributed by atoms with Gasteiger partial charge in [0.25, 0.3) is 11.7 Å². The molecule has 0 radical (unpaired) electrons. The van der Waals surface area contributed by atoms with Crippen molar-refractivity contribution in [2.45, 2.75) is 39.2 Å². The van der Waals surface area contributed by atoms with E-state index >= 15 is 0 Å². The number of halogens is 1. The molecule has 0 saturated carbocycles. The van der Waals surface area contributed by atoms with Gasteiger partial charge < -0.3 is 14.3 Å². The average Bonchev–Trinajstić information content (AvgIpc) is 3.40. The Morgan fingerprint density at radius 3 is 2.50 bits per heavy atom. The molecule has 34 heavy (non-hydrogen) atoms. The number of aliphatic hydroxyl groups is 1. The van der Waals surface area contributed by atoms with Gasteiger partial charge in [-0.05, 0) is 60.9 Å². The Labute approximate surface area is 197 Å². The SMILES string of the molecule is CCOc1ccc(/C(O)=C2/C(=O)C(=O)N(c3cccc(F)c3)C2c2ccco2)cc1C(C)(C)C. The molecular weight excluding hydrogens is 437 g/mol. The Balaban J connectivity index is 1.92. The molecule has 2 heterocycles. The highest BCUT2D eigenvalue weighted by Gasteiger charge is 2.48. The maximum atomic E-state index is 14.0. The molecule has 1 aliphatic heterocycles. The van der Waals surface area contributed by atoms with Crippen LogP contribution >= 0.6 is 0 Å². The number of aliphatic hydroxyl groups excluding tert-OH is 1. The molecule has 1 unspecified atom stereocenters. The maximum absolute atomic E-state index is 14.0. The highest BCUT2D eigenvalue weighted by molar-refractivity contribution is 6.51. The van der Waals surface area contributed by atoms with E-state index in [1.165, 1.54) is 24.5 Å². The minimum Gasteiger partial charge on any atom is -0.507 e. The van der Waals surface area contributed by atoms with Crippen LogP contribution in [-0.4, -0.2) is 23.4 Å². The van der Waals surface area contributed by atoms with Gasteiger partial charge >= 0.3 is 0 Å². The Bertz CT molecular complexity index is 1270. The smallest absolute Gasteiger partial charge is 0.300 e. The number of carbonyl (C=O) groups is 2. The first-order chi connectivity index (χ1) is 16.1. The number of benzene rings is 2. The lowest BCUT2D eigenvalue weighted by Crippen LogP contribution is -2.29. The third kappa shape index (κ3) is 4.09. The zero-order valence-corrected chi connectivity index (χ0v) is 19.5. The Morgan fingerprint density at radius 2 is 1.88 bits per heavy atom. The van der Waals surface area contributed by atoms with E-state index in [1.807, 2.05) is 27.7 Å². The second-order valence-electron chi connectivity index (χ2n) is 9.06. The molecule has 1 amide bonds. The van der Waals surface area contributed by atoms with E-state index in [9.17, 15) is 19.1 Å². The van der Waals surface area contributed by atoms with Crippen molar-refractivity contribution in [2.75, 3.05) is 11.5 Å². The Hall–Kier alpha value is -3.87. The number of nitrogens with zero attached hydrogens (tertiary/aromatic N) is 1. The molecule has 7 heteroatoms. The van der Waals surface area contributed by atoms with Crippen LogP contribution in [0, 0.1) is 5.82 Å². The van der Waals surface area contributed by atoms with Crippen molar-refractivity contribution < 1.29 is 28.2 Å². The number of hydrogen-bond donors (Lipinski definition) is 1. The van der Waals surface area contributed by atoms with E-state index in [0.717, 1.165) is 16.5 Å². The van der Waals surface area contributed by atoms with Gasteiger partial charge in [0.15, 0.2) is 0 Å². The number of anilines is 1. The van der Waals surface area contributed by atoms with Gasteiger partial charge in [-0.1, -0.05) is 26.8 Å². The van der Waals surface area contributed by atoms with Crippen LogP contribution in [0.25, 0.3) is 5.76 Å². The lowest BCUT2D eigenvalue weighted by Gasteiger charge is -2.25. The Kier molecular flexibility index (Phi) is 6.04. The maximum Gasteiger partial charge on any atom is 0.300 e. The molecule has 2 aromatic carbocycles. The molecule has 1 N–H and O–H groups in total. The topological polar surface area (TPSA) is 80.0 Å². The highest BCUT2D eigenvalue weighted by Crippen LogP contribution is 2.43. The Morgan fingerprint density at radius 1 is 1.12 bits per heavy atom. The molecule has 0 spiro atoms. The van der Waals surface area contributed by atoms with Crippen molar-refractivity contribution in [2.24, 2.45) is 0 Å². The van der Waals surface area contributed by atoms with Crippen molar-refractivity contribution in [3.8, 4) is 5.75 Å². The van der Waals surface area contributed by atoms with Gasteiger partial charge in [-0.15, -0.1) is 0 Å². The van der Waals surface area contributed by atoms with Gasteiger partial charge in [0, 0.05) is 16.8 Å². The first-order valence-electron chi connectivity index (χ1n) is 11.0. The van der Waals surface area contributed by atoms with Crippen LogP contribution in [0.5, 0.6) is 5.75 Å². The molecule has 1 aromatic heterocycles. The zero-order valence-electron chi connectivity index (χ0n) is 19.5. The second kappa shape index (κ2) is 8.82. The number of carbonyl (C=O) groups excluding carboxylic acids is 2. The lowest BCUT2D eigenvalue weighted by molar-refractivity contribution is -0.132. The predicted octanol–water partition coefficient (Wildman–Crippen LogP) is 5.74. The minimum atomic E-state index is -1.05. The summed E-state index contributed by atoms with van der Waals surface area (Å²) in [6.07, 6.45) is 1.41. The fourth-order valence-electron chi connectivity index (χ4n) is 4.14. The molecule has 1 fully saturated rings. The number of amides is 1. The summed E-state index contributed by atoms with van der Waals surface area (Å²) in [6.45, 7) is 8.41. The van der Waals surface area contributed by atoms with E-state index in [1.54, 1.807) is 30.3 Å². The summed E-state index contributed by atoms with van der Waals surface area (Å²) >= 11 is 0. The molecule has 0 bridgehead atoms. The molecule has 0 aliphatic carbocycles. The number of ketones is 1. The fourth-order valence-corrected chi connectivity index (χ4v) is 4.14. The lowest BCUT2D eigenvalue weighted by atomic mass is 9.84. The molecule has 4 rings (SSSR count). The van der Waals surface area contributed by atoms with E-state index < -0.39 is 23.5 Å². The van der Waals surface area contributed by atoms with Crippen molar-refractivity contribution in [1.29, 1.82) is 0 Å². The quantitative estimate of drug-likeness (QED) is 0.296. The number of furan rings is 1. The molecule has 6 nitrogen and oxygen atoms in total. The molecular formula is C27H26FNO5. The van der Waals surface area contributed by atoms with Gasteiger partial charge in [-0.25, -0.2) is 4.39 Å². The van der Waals surface area contributed by atoms with Gasteiger partial charge in [0.05, 0.1) is 18.4 Å². The number of hydrogen-bond acceptors (Lipinski definition) is 5. The normalized spacial score (nSPS) is 17.9. The second-order valence-corrected chi connectivity index (χ2v) is 9.06. The molecule has 1 saturated heterocycles. The monoisotopic (exact) mass is 463 g/mol. The van der Waals surface area contributed by atoms with Crippen LogP contribution in [0.2, 0.25) is 0 Å². The van der Waals surface area contributed by atoms with Crippen LogP contribution in [0.4, 0.5) is 10.1 Å². The van der Waals surface area contributed by atoms with E-state index in [-0.39, 0.29) is 28.2 Å². The van der Waals surface area contributed by atoms with E-state index in [4.69, 9.17) is 9.15 Å². The van der Waals surface area contributed by atoms with Crippen LogP contribution < -0.4 is 9.64 Å². The van der Waals surface area contributed by atoms with Gasteiger partial charge in [-0.3, -0.25) is 14.5 Å². The van der Waals surface area contributed by atoms with Crippen molar-refractivity contribution >= 4 is 23.1 Å². The summed E-state index contributed by atoms with van der Waals surface area (Å²) in [6, 6.07) is 12.7. The number of ether oxygens (including phenoxy) is 1. The summed E-state index contributed by atoms with van der Waals surface area (Å²) in [5.41, 5.74) is 0.946. The van der Waals surface area contributed by atoms with Crippen molar-refractivity contribution in [3.63, 3.8) is 0 Å². The number of rotatable bonds is 5. The molecule has 1 aliphatic rings. The van der Waals surface area contributed by atoms with Crippen molar-refractivity contribution in [1.82, 2.24) is 0 Å². The third-order valence-corrected chi connectivity index (χ3v) is 5.70. The van der Waals surface area contributed by atoms with Crippen LogP contribution in [0.15, 0.2) is 70.9 Å².